The van der Waals surface area contributed by atoms with E-state index in [1.165, 1.54) is 0 Å². The normalized spacial score (nSPS) is 14.8. The summed E-state index contributed by atoms with van der Waals surface area (Å²) in [5.41, 5.74) is 3.01. The quantitative estimate of drug-likeness (QED) is 0.637. The summed E-state index contributed by atoms with van der Waals surface area (Å²) in [5.74, 6) is 1.46. The maximum atomic E-state index is 12.3. The van der Waals surface area contributed by atoms with Crippen LogP contribution in [0.1, 0.15) is 29.2 Å². The van der Waals surface area contributed by atoms with Gasteiger partial charge in [-0.3, -0.25) is 4.79 Å². The molecule has 0 radical (unpaired) electrons. The van der Waals surface area contributed by atoms with Crippen LogP contribution in [-0.4, -0.2) is 17.6 Å². The first kappa shape index (κ1) is 18.9. The Hall–Kier alpha value is -3.47. The molecule has 0 aromatic heterocycles. The highest BCUT2D eigenvalue weighted by Gasteiger charge is 2.25. The molecule has 0 fully saturated rings. The molecule has 1 aliphatic rings. The first-order valence-corrected chi connectivity index (χ1v) is 9.69. The van der Waals surface area contributed by atoms with Gasteiger partial charge in [0.15, 0.2) is 6.61 Å². The van der Waals surface area contributed by atoms with Gasteiger partial charge in [-0.1, -0.05) is 42.5 Å². The highest BCUT2D eigenvalue weighted by atomic mass is 16.5. The molecule has 5 nitrogen and oxygen atoms in total. The van der Waals surface area contributed by atoms with Crippen LogP contribution in [0.3, 0.4) is 0 Å². The van der Waals surface area contributed by atoms with Crippen molar-refractivity contribution in [2.45, 2.75) is 25.5 Å². The predicted molar refractivity (Wildman–Crippen MR) is 110 cm³/mol. The van der Waals surface area contributed by atoms with Gasteiger partial charge in [-0.05, 0) is 59.9 Å². The molecule has 0 bridgehead atoms. The zero-order valence-corrected chi connectivity index (χ0v) is 16.0. The predicted octanol–water partition coefficient (Wildman–Crippen LogP) is 4.15. The molecule has 1 atom stereocenters. The second-order valence-electron chi connectivity index (χ2n) is 7.04. The molecule has 1 amide bonds. The molecule has 1 unspecified atom stereocenters. The number of fused-ring (bicyclic) bond motifs is 1. The summed E-state index contributed by atoms with van der Waals surface area (Å²) in [7, 11) is 0. The number of carbonyl (C=O) groups excluding carboxylic acids is 1. The fourth-order valence-corrected chi connectivity index (χ4v) is 3.54. The van der Waals surface area contributed by atoms with Crippen molar-refractivity contribution in [3.8, 4) is 17.2 Å². The number of phenols is 1. The molecule has 0 spiro atoms. The second-order valence-corrected chi connectivity index (χ2v) is 7.04. The van der Waals surface area contributed by atoms with Gasteiger partial charge in [-0.2, -0.15) is 0 Å². The van der Waals surface area contributed by atoms with Crippen molar-refractivity contribution < 1.29 is 19.4 Å². The van der Waals surface area contributed by atoms with E-state index in [-0.39, 0.29) is 18.6 Å². The summed E-state index contributed by atoms with van der Waals surface area (Å²) in [6.07, 6.45) is 1.55. The van der Waals surface area contributed by atoms with Gasteiger partial charge in [0.2, 0.25) is 0 Å². The second kappa shape index (κ2) is 8.69. The number of ether oxygens (including phenoxy) is 2. The van der Waals surface area contributed by atoms with E-state index in [1.807, 2.05) is 48.5 Å². The van der Waals surface area contributed by atoms with Crippen molar-refractivity contribution in [3.05, 3.63) is 89.5 Å². The van der Waals surface area contributed by atoms with Crippen molar-refractivity contribution in [2.24, 2.45) is 0 Å². The lowest BCUT2D eigenvalue weighted by atomic mass is 10.1. The Kier molecular flexibility index (Phi) is 5.66. The maximum Gasteiger partial charge on any atom is 0.258 e. The average molecular weight is 389 g/mol. The number of benzene rings is 3. The number of amides is 1. The molecular formula is C24H23NO4. The van der Waals surface area contributed by atoms with E-state index in [1.54, 1.807) is 24.3 Å². The summed E-state index contributed by atoms with van der Waals surface area (Å²) in [6.45, 7) is 0.441. The van der Waals surface area contributed by atoms with Gasteiger partial charge >= 0.3 is 0 Å². The van der Waals surface area contributed by atoms with Crippen LogP contribution in [0.2, 0.25) is 0 Å². The number of nitrogens with one attached hydrogen (secondary N) is 1. The Balaban J connectivity index is 1.25. The zero-order chi connectivity index (χ0) is 20.1. The Bertz CT molecular complexity index is 970. The lowest BCUT2D eigenvalue weighted by Crippen LogP contribution is -2.31. The minimum Gasteiger partial charge on any atom is -0.508 e. The fraction of sp³-hybridized carbons (Fsp3) is 0.208. The highest BCUT2D eigenvalue weighted by molar-refractivity contribution is 5.78. The van der Waals surface area contributed by atoms with Gasteiger partial charge in [0, 0.05) is 0 Å². The number of rotatable bonds is 7. The third kappa shape index (κ3) is 4.69. The van der Waals surface area contributed by atoms with Crippen LogP contribution in [0.25, 0.3) is 0 Å². The van der Waals surface area contributed by atoms with Crippen LogP contribution in [0, 0.1) is 0 Å². The number of phenolic OH excluding ortho intramolecular Hbond substituents is 1. The van der Waals surface area contributed by atoms with Gasteiger partial charge < -0.3 is 19.9 Å². The zero-order valence-electron chi connectivity index (χ0n) is 16.0. The van der Waals surface area contributed by atoms with Gasteiger partial charge in [0.1, 0.15) is 23.9 Å². The standard InChI is InChI=1S/C24H23NO4/c26-23-8-4-7-20-21(23)13-14-22(20)25-24(27)16-29-19-11-9-18(10-12-19)28-15-17-5-2-1-3-6-17/h1-12,22,26H,13-16H2,(H,25,27). The third-order valence-corrected chi connectivity index (χ3v) is 5.02. The molecule has 148 valence electrons. The van der Waals surface area contributed by atoms with Crippen LogP contribution in [-0.2, 0) is 17.8 Å². The molecule has 5 heteroatoms. The Morgan fingerprint density at radius 3 is 2.41 bits per heavy atom. The van der Waals surface area contributed by atoms with Crippen molar-refractivity contribution >= 4 is 5.91 Å². The Morgan fingerprint density at radius 1 is 0.931 bits per heavy atom. The van der Waals surface area contributed by atoms with Crippen LogP contribution >= 0.6 is 0 Å². The monoisotopic (exact) mass is 389 g/mol. The van der Waals surface area contributed by atoms with Gasteiger partial charge in [0.25, 0.3) is 5.91 Å². The number of hydrogen-bond donors (Lipinski definition) is 2. The first-order chi connectivity index (χ1) is 14.2. The largest absolute Gasteiger partial charge is 0.508 e. The molecule has 3 aromatic rings. The summed E-state index contributed by atoms with van der Waals surface area (Å²) >= 11 is 0. The van der Waals surface area contributed by atoms with Gasteiger partial charge in [-0.25, -0.2) is 0 Å². The van der Waals surface area contributed by atoms with Crippen LogP contribution in [0.5, 0.6) is 17.2 Å². The Morgan fingerprint density at radius 2 is 1.66 bits per heavy atom. The van der Waals surface area contributed by atoms with Crippen molar-refractivity contribution in [3.63, 3.8) is 0 Å². The summed E-state index contributed by atoms with van der Waals surface area (Å²) in [5, 5.41) is 12.9. The fourth-order valence-electron chi connectivity index (χ4n) is 3.54. The maximum absolute atomic E-state index is 12.3. The summed E-state index contributed by atoms with van der Waals surface area (Å²) in [6, 6.07) is 22.5. The molecule has 4 rings (SSSR count). The third-order valence-electron chi connectivity index (χ3n) is 5.02. The lowest BCUT2D eigenvalue weighted by Gasteiger charge is -2.15. The topological polar surface area (TPSA) is 67.8 Å². The molecular weight excluding hydrogens is 366 g/mol. The number of carbonyl (C=O) groups is 1. The van der Waals surface area contributed by atoms with E-state index in [9.17, 15) is 9.90 Å². The SMILES string of the molecule is O=C(COc1ccc(OCc2ccccc2)cc1)NC1CCc2c(O)cccc21. The molecule has 0 saturated heterocycles. The van der Waals surface area contributed by atoms with E-state index < -0.39 is 0 Å². The van der Waals surface area contributed by atoms with E-state index in [0.29, 0.717) is 18.1 Å². The Labute approximate surface area is 169 Å². The summed E-state index contributed by atoms with van der Waals surface area (Å²) in [4.78, 5) is 12.3. The van der Waals surface area contributed by atoms with E-state index >= 15 is 0 Å². The molecule has 29 heavy (non-hydrogen) atoms. The molecule has 0 saturated carbocycles. The van der Waals surface area contributed by atoms with Gasteiger partial charge in [0.05, 0.1) is 6.04 Å². The average Bonchev–Trinajstić information content (AvgIpc) is 3.16. The lowest BCUT2D eigenvalue weighted by molar-refractivity contribution is -0.123. The van der Waals surface area contributed by atoms with E-state index in [0.717, 1.165) is 35.3 Å². The first-order valence-electron chi connectivity index (χ1n) is 9.69. The minimum atomic E-state index is -0.185. The molecule has 0 heterocycles. The number of aromatic hydroxyl groups is 1. The van der Waals surface area contributed by atoms with E-state index in [4.69, 9.17) is 9.47 Å². The van der Waals surface area contributed by atoms with Crippen molar-refractivity contribution in [1.29, 1.82) is 0 Å². The molecule has 1 aliphatic carbocycles. The molecule has 2 N–H and O–H groups in total. The van der Waals surface area contributed by atoms with Crippen molar-refractivity contribution in [2.75, 3.05) is 6.61 Å². The van der Waals surface area contributed by atoms with Crippen LogP contribution < -0.4 is 14.8 Å². The molecule has 3 aromatic carbocycles. The van der Waals surface area contributed by atoms with Crippen LogP contribution in [0.15, 0.2) is 72.8 Å². The smallest absolute Gasteiger partial charge is 0.258 e. The van der Waals surface area contributed by atoms with Crippen molar-refractivity contribution in [1.82, 2.24) is 5.32 Å². The van der Waals surface area contributed by atoms with Crippen LogP contribution in [0.4, 0.5) is 0 Å². The van der Waals surface area contributed by atoms with E-state index in [2.05, 4.69) is 5.32 Å². The van der Waals surface area contributed by atoms with Gasteiger partial charge in [-0.15, -0.1) is 0 Å². The number of hydrogen-bond acceptors (Lipinski definition) is 4. The minimum absolute atomic E-state index is 0.0606. The molecule has 0 aliphatic heterocycles. The highest BCUT2D eigenvalue weighted by Crippen LogP contribution is 2.36. The summed E-state index contributed by atoms with van der Waals surface area (Å²) < 4.78 is 11.3.